The molecule has 0 aliphatic rings. The van der Waals surface area contributed by atoms with Gasteiger partial charge in [0.25, 0.3) is 0 Å². The number of nitrogens with zero attached hydrogens (tertiary/aromatic N) is 3. The lowest BCUT2D eigenvalue weighted by Crippen LogP contribution is -2.00. The first-order valence-corrected chi connectivity index (χ1v) is 19.2. The van der Waals surface area contributed by atoms with Crippen LogP contribution < -0.4 is 0 Å². The number of fused-ring (bicyclic) bond motifs is 3. The third kappa shape index (κ3) is 6.39. The van der Waals surface area contributed by atoms with Crippen molar-refractivity contribution in [1.29, 1.82) is 0 Å². The van der Waals surface area contributed by atoms with Gasteiger partial charge in [-0.15, -0.1) is 11.3 Å². The van der Waals surface area contributed by atoms with Gasteiger partial charge in [0.1, 0.15) is 0 Å². The van der Waals surface area contributed by atoms with Crippen molar-refractivity contribution in [3.05, 3.63) is 200 Å². The molecule has 55 heavy (non-hydrogen) atoms. The van der Waals surface area contributed by atoms with E-state index in [9.17, 15) is 0 Å². The molecule has 0 N–H and O–H groups in total. The van der Waals surface area contributed by atoms with Gasteiger partial charge in [0, 0.05) is 36.9 Å². The third-order valence-electron chi connectivity index (χ3n) is 10.2. The van der Waals surface area contributed by atoms with Crippen LogP contribution in [-0.2, 0) is 0 Å². The van der Waals surface area contributed by atoms with E-state index in [1.54, 1.807) is 0 Å². The smallest absolute Gasteiger partial charge is 0.164 e. The van der Waals surface area contributed by atoms with E-state index in [2.05, 4.69) is 164 Å². The van der Waals surface area contributed by atoms with Gasteiger partial charge in [0.15, 0.2) is 17.5 Å². The second-order valence-corrected chi connectivity index (χ2v) is 14.7. The molecule has 10 rings (SSSR count). The monoisotopic (exact) mass is 719 g/mol. The van der Waals surface area contributed by atoms with E-state index in [-0.39, 0.29) is 0 Å². The summed E-state index contributed by atoms with van der Waals surface area (Å²) in [4.78, 5) is 15.0. The molecule has 0 atom stereocenters. The van der Waals surface area contributed by atoms with E-state index in [1.807, 2.05) is 47.7 Å². The van der Waals surface area contributed by atoms with Crippen molar-refractivity contribution < 1.29 is 0 Å². The van der Waals surface area contributed by atoms with Gasteiger partial charge < -0.3 is 0 Å². The summed E-state index contributed by atoms with van der Waals surface area (Å²) in [5, 5.41) is 2.60. The zero-order valence-electron chi connectivity index (χ0n) is 29.8. The molecule has 10 aromatic rings. The molecule has 0 saturated carbocycles. The molecule has 0 unspecified atom stereocenters. The van der Waals surface area contributed by atoms with Crippen molar-refractivity contribution in [3.63, 3.8) is 0 Å². The highest BCUT2D eigenvalue weighted by Gasteiger charge is 2.14. The highest BCUT2D eigenvalue weighted by Crippen LogP contribution is 2.40. The van der Waals surface area contributed by atoms with Crippen LogP contribution >= 0.6 is 11.3 Å². The fourth-order valence-corrected chi connectivity index (χ4v) is 8.51. The van der Waals surface area contributed by atoms with Crippen LogP contribution in [0.15, 0.2) is 200 Å². The lowest BCUT2D eigenvalue weighted by Gasteiger charge is -2.10. The van der Waals surface area contributed by atoms with Crippen molar-refractivity contribution in [2.45, 2.75) is 0 Å². The fraction of sp³-hybridized carbons (Fsp3) is 0. The molecule has 0 aliphatic heterocycles. The predicted octanol–water partition coefficient (Wildman–Crippen LogP) is 13.9. The van der Waals surface area contributed by atoms with Crippen LogP contribution in [0.1, 0.15) is 0 Å². The second kappa shape index (κ2) is 14.1. The molecular formula is C51H33N3S. The van der Waals surface area contributed by atoms with Gasteiger partial charge in [-0.05, 0) is 50.6 Å². The van der Waals surface area contributed by atoms with Gasteiger partial charge in [0.2, 0.25) is 0 Å². The molecule has 0 amide bonds. The van der Waals surface area contributed by atoms with Gasteiger partial charge in [0.05, 0.1) is 0 Å². The van der Waals surface area contributed by atoms with Crippen LogP contribution in [0.4, 0.5) is 0 Å². The number of aromatic nitrogens is 3. The Morgan fingerprint density at radius 1 is 0.255 bits per heavy atom. The van der Waals surface area contributed by atoms with E-state index in [1.165, 1.54) is 53.6 Å². The van der Waals surface area contributed by atoms with Gasteiger partial charge in [-0.2, -0.15) is 0 Å². The Hall–Kier alpha value is -7.01. The second-order valence-electron chi connectivity index (χ2n) is 13.6. The number of thiophene rings is 1. The Labute approximate surface area is 323 Å². The van der Waals surface area contributed by atoms with Crippen LogP contribution in [0, 0.1) is 0 Å². The molecule has 2 heterocycles. The summed E-state index contributed by atoms with van der Waals surface area (Å²) in [6, 6.07) is 70.5. The van der Waals surface area contributed by atoms with Gasteiger partial charge in [-0.25, -0.2) is 15.0 Å². The highest BCUT2D eigenvalue weighted by atomic mass is 32.1. The fourth-order valence-electron chi connectivity index (χ4n) is 7.28. The maximum Gasteiger partial charge on any atom is 0.164 e. The van der Waals surface area contributed by atoms with E-state index in [4.69, 9.17) is 15.0 Å². The number of hydrogen-bond acceptors (Lipinski definition) is 4. The summed E-state index contributed by atoms with van der Waals surface area (Å²) in [7, 11) is 0. The molecule has 8 aromatic carbocycles. The van der Waals surface area contributed by atoms with Gasteiger partial charge >= 0.3 is 0 Å². The Morgan fingerprint density at radius 3 is 1.09 bits per heavy atom. The molecule has 2 aromatic heterocycles. The van der Waals surface area contributed by atoms with Crippen molar-refractivity contribution in [2.75, 3.05) is 0 Å². The third-order valence-corrected chi connectivity index (χ3v) is 11.4. The minimum absolute atomic E-state index is 0.642. The summed E-state index contributed by atoms with van der Waals surface area (Å²) in [5.74, 6) is 1.94. The maximum atomic E-state index is 5.03. The van der Waals surface area contributed by atoms with Gasteiger partial charge in [-0.1, -0.05) is 194 Å². The molecular weight excluding hydrogens is 687 g/mol. The molecule has 4 heteroatoms. The lowest BCUT2D eigenvalue weighted by atomic mass is 9.98. The van der Waals surface area contributed by atoms with Gasteiger partial charge in [-0.3, -0.25) is 0 Å². The average molecular weight is 720 g/mol. The maximum absolute atomic E-state index is 5.03. The predicted molar refractivity (Wildman–Crippen MR) is 231 cm³/mol. The Kier molecular flexibility index (Phi) is 8.36. The van der Waals surface area contributed by atoms with Crippen LogP contribution in [0.5, 0.6) is 0 Å². The van der Waals surface area contributed by atoms with Crippen LogP contribution in [0.2, 0.25) is 0 Å². The lowest BCUT2D eigenvalue weighted by molar-refractivity contribution is 1.07. The largest absolute Gasteiger partial charge is 0.208 e. The van der Waals surface area contributed by atoms with Crippen LogP contribution in [0.25, 0.3) is 98.8 Å². The van der Waals surface area contributed by atoms with E-state index >= 15 is 0 Å². The number of hydrogen-bond donors (Lipinski definition) is 0. The Balaban J connectivity index is 0.942. The normalized spacial score (nSPS) is 11.3. The van der Waals surface area contributed by atoms with Crippen molar-refractivity contribution in [2.24, 2.45) is 0 Å². The zero-order valence-corrected chi connectivity index (χ0v) is 30.6. The molecule has 0 bridgehead atoms. The zero-order chi connectivity index (χ0) is 36.6. The molecule has 0 saturated heterocycles. The minimum Gasteiger partial charge on any atom is -0.208 e. The van der Waals surface area contributed by atoms with E-state index in [0.717, 1.165) is 27.8 Å². The van der Waals surface area contributed by atoms with Crippen molar-refractivity contribution in [3.8, 4) is 78.7 Å². The first-order valence-electron chi connectivity index (χ1n) is 18.4. The van der Waals surface area contributed by atoms with Crippen LogP contribution in [-0.4, -0.2) is 15.0 Å². The quantitative estimate of drug-likeness (QED) is 0.165. The number of rotatable bonds is 7. The topological polar surface area (TPSA) is 38.7 Å². The van der Waals surface area contributed by atoms with E-state index in [0.29, 0.717) is 17.5 Å². The number of benzene rings is 8. The SMILES string of the molecule is c1ccc(-c2ccc(-c3ccc(-c4ccc(-c5nc(-c6ccccc6)nc(-c6ccc(-c7cccc8c7sc7ccccc78)cc6)n5)cc4)cc3)cc2)cc1. The summed E-state index contributed by atoms with van der Waals surface area (Å²) < 4.78 is 2.61. The summed E-state index contributed by atoms with van der Waals surface area (Å²) in [6.45, 7) is 0. The van der Waals surface area contributed by atoms with Crippen LogP contribution in [0.3, 0.4) is 0 Å². The summed E-state index contributed by atoms with van der Waals surface area (Å²) in [5.41, 5.74) is 12.4. The molecule has 0 radical (unpaired) electrons. The highest BCUT2D eigenvalue weighted by molar-refractivity contribution is 7.26. The Morgan fingerprint density at radius 2 is 0.600 bits per heavy atom. The first kappa shape index (κ1) is 32.6. The Bertz CT molecular complexity index is 2920. The van der Waals surface area contributed by atoms with Crippen molar-refractivity contribution >= 4 is 31.5 Å². The molecule has 258 valence electrons. The summed E-state index contributed by atoms with van der Waals surface area (Å²) >= 11 is 1.85. The first-order chi connectivity index (χ1) is 27.2. The standard InChI is InChI=1S/C51H33N3S/c1-3-10-34(11-4-1)35-18-20-36(21-19-35)37-22-24-38(25-23-37)39-26-30-42(31-27-39)50-52-49(41-12-5-2-6-13-41)53-51(54-50)43-32-28-40(29-33-43)44-15-9-16-46-45-14-7-8-17-47(45)55-48(44)46/h1-33H. The molecule has 0 aliphatic carbocycles. The molecule has 0 spiro atoms. The van der Waals surface area contributed by atoms with E-state index < -0.39 is 0 Å². The summed E-state index contributed by atoms with van der Waals surface area (Å²) in [6.07, 6.45) is 0. The molecule has 0 fully saturated rings. The van der Waals surface area contributed by atoms with Crippen molar-refractivity contribution in [1.82, 2.24) is 15.0 Å². The average Bonchev–Trinajstić information content (AvgIpc) is 3.66. The molecule has 3 nitrogen and oxygen atoms in total. The minimum atomic E-state index is 0.642.